The van der Waals surface area contributed by atoms with Gasteiger partial charge in [0, 0.05) is 6.42 Å². The average molecular weight is 218 g/mol. The van der Waals surface area contributed by atoms with Gasteiger partial charge in [-0.15, -0.1) is 5.92 Å². The molecule has 1 aromatic rings. The second kappa shape index (κ2) is 6.92. The van der Waals surface area contributed by atoms with Crippen molar-refractivity contribution in [3.63, 3.8) is 0 Å². The van der Waals surface area contributed by atoms with E-state index in [0.717, 1.165) is 30.6 Å². The number of ether oxygens (including phenoxy) is 1. The van der Waals surface area contributed by atoms with Gasteiger partial charge in [-0.2, -0.15) is 0 Å². The Labute approximate surface area is 97.3 Å². The number of aliphatic hydroxyl groups is 1. The Bertz CT molecular complexity index is 357. The lowest BCUT2D eigenvalue weighted by Crippen LogP contribution is -1.93. The third kappa shape index (κ3) is 3.96. The van der Waals surface area contributed by atoms with Gasteiger partial charge in [-0.3, -0.25) is 0 Å². The predicted octanol–water partition coefficient (Wildman–Crippen LogP) is 2.92. The maximum atomic E-state index is 9.77. The molecule has 0 amide bonds. The lowest BCUT2D eigenvalue weighted by molar-refractivity contribution is 0.238. The van der Waals surface area contributed by atoms with Crippen molar-refractivity contribution in [3.05, 3.63) is 29.8 Å². The van der Waals surface area contributed by atoms with Gasteiger partial charge in [-0.1, -0.05) is 31.4 Å². The van der Waals surface area contributed by atoms with Crippen LogP contribution in [0.5, 0.6) is 5.75 Å². The zero-order valence-corrected chi connectivity index (χ0v) is 9.86. The fourth-order valence-electron chi connectivity index (χ4n) is 1.30. The van der Waals surface area contributed by atoms with Crippen molar-refractivity contribution in [1.82, 2.24) is 0 Å². The van der Waals surface area contributed by atoms with E-state index in [4.69, 9.17) is 4.74 Å². The van der Waals surface area contributed by atoms with E-state index in [1.165, 1.54) is 0 Å². The van der Waals surface area contributed by atoms with E-state index < -0.39 is 6.10 Å². The van der Waals surface area contributed by atoms with Gasteiger partial charge >= 0.3 is 0 Å². The van der Waals surface area contributed by atoms with Crippen molar-refractivity contribution >= 4 is 0 Å². The summed E-state index contributed by atoms with van der Waals surface area (Å²) in [6, 6.07) is 7.31. The molecule has 0 unspecified atom stereocenters. The SMILES string of the molecule is CCCCC#C[C@@H](O)c1ccc(OC)cc1. The zero-order valence-electron chi connectivity index (χ0n) is 9.86. The topological polar surface area (TPSA) is 29.5 Å². The largest absolute Gasteiger partial charge is 0.497 e. The van der Waals surface area contributed by atoms with Crippen LogP contribution in [0.15, 0.2) is 24.3 Å². The van der Waals surface area contributed by atoms with Crippen molar-refractivity contribution in [2.24, 2.45) is 0 Å². The van der Waals surface area contributed by atoms with Gasteiger partial charge in [0.1, 0.15) is 11.9 Å². The highest BCUT2D eigenvalue weighted by Crippen LogP contribution is 2.16. The summed E-state index contributed by atoms with van der Waals surface area (Å²) in [5.41, 5.74) is 0.810. The molecule has 1 atom stereocenters. The maximum Gasteiger partial charge on any atom is 0.140 e. The quantitative estimate of drug-likeness (QED) is 0.622. The molecule has 0 saturated heterocycles. The molecule has 0 bridgehead atoms. The molecule has 1 rings (SSSR count). The van der Waals surface area contributed by atoms with Crippen molar-refractivity contribution in [2.45, 2.75) is 32.3 Å². The fraction of sp³-hybridized carbons (Fsp3) is 0.429. The molecular formula is C14H18O2. The number of hydrogen-bond acceptors (Lipinski definition) is 2. The second-order valence-corrected chi connectivity index (χ2v) is 3.60. The number of aliphatic hydroxyl groups excluding tert-OH is 1. The molecule has 0 saturated carbocycles. The number of methoxy groups -OCH3 is 1. The first-order valence-corrected chi connectivity index (χ1v) is 5.58. The van der Waals surface area contributed by atoms with Gasteiger partial charge in [0.05, 0.1) is 7.11 Å². The minimum Gasteiger partial charge on any atom is -0.497 e. The average Bonchev–Trinajstić information content (AvgIpc) is 2.34. The Morgan fingerprint density at radius 1 is 1.31 bits per heavy atom. The summed E-state index contributed by atoms with van der Waals surface area (Å²) in [4.78, 5) is 0. The van der Waals surface area contributed by atoms with E-state index >= 15 is 0 Å². The first-order chi connectivity index (χ1) is 7.77. The molecular weight excluding hydrogens is 200 g/mol. The molecule has 86 valence electrons. The Morgan fingerprint density at radius 3 is 2.56 bits per heavy atom. The molecule has 0 fully saturated rings. The molecule has 0 aromatic heterocycles. The molecule has 16 heavy (non-hydrogen) atoms. The van der Waals surface area contributed by atoms with Gasteiger partial charge < -0.3 is 9.84 Å². The molecule has 0 radical (unpaired) electrons. The Hall–Kier alpha value is -1.46. The molecule has 1 N–H and O–H groups in total. The van der Waals surface area contributed by atoms with Crippen LogP contribution >= 0.6 is 0 Å². The summed E-state index contributed by atoms with van der Waals surface area (Å²) in [5.74, 6) is 6.60. The molecule has 2 heteroatoms. The van der Waals surface area contributed by atoms with E-state index in [0.29, 0.717) is 0 Å². The Morgan fingerprint density at radius 2 is 2.00 bits per heavy atom. The molecule has 0 spiro atoms. The lowest BCUT2D eigenvalue weighted by Gasteiger charge is -2.04. The van der Waals surface area contributed by atoms with Crippen LogP contribution in [-0.4, -0.2) is 12.2 Å². The third-order valence-electron chi connectivity index (χ3n) is 2.33. The predicted molar refractivity (Wildman–Crippen MR) is 65.3 cm³/mol. The van der Waals surface area contributed by atoms with Gasteiger partial charge in [0.2, 0.25) is 0 Å². The Kier molecular flexibility index (Phi) is 5.45. The number of rotatable bonds is 4. The first-order valence-electron chi connectivity index (χ1n) is 5.58. The monoisotopic (exact) mass is 218 g/mol. The van der Waals surface area contributed by atoms with Crippen LogP contribution in [0.3, 0.4) is 0 Å². The highest BCUT2D eigenvalue weighted by molar-refractivity contribution is 5.31. The molecule has 1 aromatic carbocycles. The third-order valence-corrected chi connectivity index (χ3v) is 2.33. The van der Waals surface area contributed by atoms with Crippen molar-refractivity contribution in [3.8, 4) is 17.6 Å². The standard InChI is InChI=1S/C14H18O2/c1-3-4-5-6-7-14(15)12-8-10-13(16-2)11-9-12/h8-11,14-15H,3-5H2,1-2H3/t14-/m1/s1. The minimum atomic E-state index is -0.692. The maximum absolute atomic E-state index is 9.77. The number of benzene rings is 1. The van der Waals surface area contributed by atoms with Crippen LogP contribution < -0.4 is 4.74 Å². The van der Waals surface area contributed by atoms with E-state index in [-0.39, 0.29) is 0 Å². The Balaban J connectivity index is 2.57. The smallest absolute Gasteiger partial charge is 0.140 e. The van der Waals surface area contributed by atoms with E-state index in [2.05, 4.69) is 18.8 Å². The van der Waals surface area contributed by atoms with Crippen LogP contribution in [-0.2, 0) is 0 Å². The van der Waals surface area contributed by atoms with Gasteiger partial charge in [-0.05, 0) is 24.1 Å². The first kappa shape index (κ1) is 12.6. The van der Waals surface area contributed by atoms with Gasteiger partial charge in [-0.25, -0.2) is 0 Å². The van der Waals surface area contributed by atoms with Crippen LogP contribution in [0.1, 0.15) is 37.9 Å². The molecule has 0 aliphatic rings. The van der Waals surface area contributed by atoms with Crippen LogP contribution in [0.25, 0.3) is 0 Å². The van der Waals surface area contributed by atoms with Gasteiger partial charge in [0.25, 0.3) is 0 Å². The van der Waals surface area contributed by atoms with Crippen LogP contribution in [0.4, 0.5) is 0 Å². The summed E-state index contributed by atoms with van der Waals surface area (Å²) in [7, 11) is 1.62. The fourth-order valence-corrected chi connectivity index (χ4v) is 1.30. The molecule has 2 nitrogen and oxygen atoms in total. The summed E-state index contributed by atoms with van der Waals surface area (Å²) < 4.78 is 5.04. The number of hydrogen-bond donors (Lipinski definition) is 1. The minimum absolute atomic E-state index is 0.692. The summed E-state index contributed by atoms with van der Waals surface area (Å²) >= 11 is 0. The molecule has 0 aliphatic carbocycles. The zero-order chi connectivity index (χ0) is 11.8. The summed E-state index contributed by atoms with van der Waals surface area (Å²) in [6.07, 6.45) is 2.38. The van der Waals surface area contributed by atoms with E-state index in [9.17, 15) is 5.11 Å². The van der Waals surface area contributed by atoms with Crippen molar-refractivity contribution < 1.29 is 9.84 Å². The molecule has 0 heterocycles. The summed E-state index contributed by atoms with van der Waals surface area (Å²) in [5, 5.41) is 9.77. The van der Waals surface area contributed by atoms with Gasteiger partial charge in [0.15, 0.2) is 0 Å². The summed E-state index contributed by atoms with van der Waals surface area (Å²) in [6.45, 7) is 2.13. The van der Waals surface area contributed by atoms with Crippen molar-refractivity contribution in [2.75, 3.05) is 7.11 Å². The second-order valence-electron chi connectivity index (χ2n) is 3.60. The number of unbranched alkanes of at least 4 members (excludes halogenated alkanes) is 2. The molecule has 0 aliphatic heterocycles. The van der Waals surface area contributed by atoms with E-state index in [1.807, 2.05) is 24.3 Å². The normalized spacial score (nSPS) is 11.4. The van der Waals surface area contributed by atoms with E-state index in [1.54, 1.807) is 7.11 Å². The van der Waals surface area contributed by atoms with Crippen LogP contribution in [0, 0.1) is 11.8 Å². The highest BCUT2D eigenvalue weighted by Gasteiger charge is 2.02. The lowest BCUT2D eigenvalue weighted by atomic mass is 10.1. The van der Waals surface area contributed by atoms with Crippen molar-refractivity contribution in [1.29, 1.82) is 0 Å². The highest BCUT2D eigenvalue weighted by atomic mass is 16.5. The van der Waals surface area contributed by atoms with Crippen LogP contribution in [0.2, 0.25) is 0 Å².